The molecule has 0 saturated carbocycles. The van der Waals surface area contributed by atoms with Crippen LogP contribution < -0.4 is 0 Å². The molecule has 0 unspecified atom stereocenters. The van der Waals surface area contributed by atoms with Crippen molar-refractivity contribution in [2.75, 3.05) is 0 Å². The van der Waals surface area contributed by atoms with Crippen molar-refractivity contribution in [2.45, 2.75) is 6.92 Å². The van der Waals surface area contributed by atoms with Crippen molar-refractivity contribution in [3.8, 4) is 0 Å². The van der Waals surface area contributed by atoms with Crippen LogP contribution in [0.25, 0.3) is 5.57 Å². The highest BCUT2D eigenvalue weighted by Gasteiger charge is 1.93. The third kappa shape index (κ3) is 3.11. The number of hydrogen-bond acceptors (Lipinski definition) is 2. The molecule has 2 nitrogen and oxygen atoms in total. The van der Waals surface area contributed by atoms with Crippen molar-refractivity contribution in [1.29, 1.82) is 0 Å². The lowest BCUT2D eigenvalue weighted by molar-refractivity contribution is 1.23. The second-order valence-electron chi connectivity index (χ2n) is 3.86. The van der Waals surface area contributed by atoms with Crippen molar-refractivity contribution >= 4 is 16.9 Å². The Morgan fingerprint density at radius 2 is 1.35 bits per heavy atom. The number of azo groups is 1. The van der Waals surface area contributed by atoms with Gasteiger partial charge in [-0.15, -0.1) is 0 Å². The van der Waals surface area contributed by atoms with Gasteiger partial charge < -0.3 is 0 Å². The van der Waals surface area contributed by atoms with Crippen molar-refractivity contribution in [3.05, 3.63) is 66.7 Å². The molecule has 0 atom stereocenters. The third-order valence-corrected chi connectivity index (χ3v) is 2.40. The van der Waals surface area contributed by atoms with Gasteiger partial charge in [-0.05, 0) is 36.8 Å². The van der Waals surface area contributed by atoms with E-state index in [1.54, 1.807) is 0 Å². The van der Waals surface area contributed by atoms with E-state index >= 15 is 0 Å². The summed E-state index contributed by atoms with van der Waals surface area (Å²) in [5.41, 5.74) is 3.88. The second-order valence-corrected chi connectivity index (χ2v) is 3.86. The summed E-state index contributed by atoms with van der Waals surface area (Å²) in [6.07, 6.45) is 0. The first-order valence-electron chi connectivity index (χ1n) is 5.48. The van der Waals surface area contributed by atoms with Crippen molar-refractivity contribution in [3.63, 3.8) is 0 Å². The smallest absolute Gasteiger partial charge is 0.0857 e. The summed E-state index contributed by atoms with van der Waals surface area (Å²) in [4.78, 5) is 0. The van der Waals surface area contributed by atoms with Crippen molar-refractivity contribution < 1.29 is 0 Å². The molecule has 0 saturated heterocycles. The molecule has 0 aliphatic rings. The maximum atomic E-state index is 4.17. The lowest BCUT2D eigenvalue weighted by Crippen LogP contribution is -1.74. The van der Waals surface area contributed by atoms with Crippen LogP contribution in [0.5, 0.6) is 0 Å². The molecule has 0 radical (unpaired) electrons. The molecular formula is C15H14N2. The first-order chi connectivity index (χ1) is 8.25. The van der Waals surface area contributed by atoms with Crippen LogP contribution in [-0.4, -0.2) is 0 Å². The molecule has 17 heavy (non-hydrogen) atoms. The van der Waals surface area contributed by atoms with Gasteiger partial charge in [0.2, 0.25) is 0 Å². The maximum absolute atomic E-state index is 4.17. The predicted octanol–water partition coefficient (Wildman–Crippen LogP) is 5.14. The molecule has 0 spiro atoms. The fourth-order valence-electron chi connectivity index (χ4n) is 1.42. The van der Waals surface area contributed by atoms with Gasteiger partial charge in [0.25, 0.3) is 0 Å². The molecule has 0 amide bonds. The van der Waals surface area contributed by atoms with E-state index in [4.69, 9.17) is 0 Å². The van der Waals surface area contributed by atoms with E-state index in [0.717, 1.165) is 22.5 Å². The Labute approximate surface area is 101 Å². The van der Waals surface area contributed by atoms with Gasteiger partial charge >= 0.3 is 0 Å². The Morgan fingerprint density at radius 1 is 0.824 bits per heavy atom. The zero-order valence-electron chi connectivity index (χ0n) is 9.80. The number of allylic oxidation sites excluding steroid dienone is 1. The normalized spacial score (nSPS) is 10.6. The maximum Gasteiger partial charge on any atom is 0.0857 e. The topological polar surface area (TPSA) is 24.7 Å². The molecule has 0 bridgehead atoms. The predicted molar refractivity (Wildman–Crippen MR) is 71.8 cm³/mol. The zero-order valence-corrected chi connectivity index (χ0v) is 9.80. The molecule has 2 aromatic rings. The van der Waals surface area contributed by atoms with Gasteiger partial charge in [0, 0.05) is 0 Å². The fraction of sp³-hybridized carbons (Fsp3) is 0.0667. The van der Waals surface area contributed by atoms with E-state index in [9.17, 15) is 0 Å². The molecule has 0 aliphatic carbocycles. The quantitative estimate of drug-likeness (QED) is 0.643. The first kappa shape index (κ1) is 11.3. The van der Waals surface area contributed by atoms with Gasteiger partial charge in [-0.25, -0.2) is 0 Å². The summed E-state index contributed by atoms with van der Waals surface area (Å²) in [5.74, 6) is 0. The van der Waals surface area contributed by atoms with Gasteiger partial charge in [0.1, 0.15) is 0 Å². The average molecular weight is 222 g/mol. The minimum atomic E-state index is 0.846. The van der Waals surface area contributed by atoms with Crippen LogP contribution in [0, 0.1) is 0 Å². The molecular weight excluding hydrogens is 208 g/mol. The summed E-state index contributed by atoms with van der Waals surface area (Å²) >= 11 is 0. The van der Waals surface area contributed by atoms with Crippen LogP contribution in [0.1, 0.15) is 12.5 Å². The first-order valence-corrected chi connectivity index (χ1v) is 5.48. The van der Waals surface area contributed by atoms with Crippen LogP contribution in [0.4, 0.5) is 11.4 Å². The molecule has 2 aromatic carbocycles. The lowest BCUT2D eigenvalue weighted by atomic mass is 10.1. The number of benzene rings is 2. The third-order valence-electron chi connectivity index (χ3n) is 2.40. The van der Waals surface area contributed by atoms with E-state index in [1.807, 2.05) is 61.5 Å². The van der Waals surface area contributed by atoms with Crippen LogP contribution >= 0.6 is 0 Å². The van der Waals surface area contributed by atoms with Gasteiger partial charge in [-0.3, -0.25) is 0 Å². The Kier molecular flexibility index (Phi) is 3.46. The van der Waals surface area contributed by atoms with Crippen LogP contribution in [-0.2, 0) is 0 Å². The number of nitrogens with zero attached hydrogens (tertiary/aromatic N) is 2. The second kappa shape index (κ2) is 5.21. The van der Waals surface area contributed by atoms with Crippen LogP contribution in [0.2, 0.25) is 0 Å². The molecule has 0 aliphatic heterocycles. The van der Waals surface area contributed by atoms with Crippen molar-refractivity contribution in [1.82, 2.24) is 0 Å². The van der Waals surface area contributed by atoms with E-state index < -0.39 is 0 Å². The van der Waals surface area contributed by atoms with E-state index in [2.05, 4.69) is 16.8 Å². The Bertz CT molecular complexity index is 525. The van der Waals surface area contributed by atoms with Crippen LogP contribution in [0.3, 0.4) is 0 Å². The van der Waals surface area contributed by atoms with Gasteiger partial charge in [-0.2, -0.15) is 10.2 Å². The largest absolute Gasteiger partial charge is 0.151 e. The highest BCUT2D eigenvalue weighted by molar-refractivity contribution is 5.62. The fourth-order valence-corrected chi connectivity index (χ4v) is 1.42. The average Bonchev–Trinajstić information content (AvgIpc) is 2.38. The summed E-state index contributed by atoms with van der Waals surface area (Å²) in [5, 5.41) is 8.33. The Morgan fingerprint density at radius 3 is 1.88 bits per heavy atom. The van der Waals surface area contributed by atoms with E-state index in [0.29, 0.717) is 0 Å². The van der Waals surface area contributed by atoms with Crippen LogP contribution in [0.15, 0.2) is 71.4 Å². The monoisotopic (exact) mass is 222 g/mol. The minimum Gasteiger partial charge on any atom is -0.151 e. The van der Waals surface area contributed by atoms with Gasteiger partial charge in [-0.1, -0.05) is 42.5 Å². The molecule has 0 heterocycles. The lowest BCUT2D eigenvalue weighted by Gasteiger charge is -1.98. The zero-order chi connectivity index (χ0) is 12.1. The number of hydrogen-bond donors (Lipinski definition) is 0. The summed E-state index contributed by atoms with van der Waals surface area (Å²) < 4.78 is 0. The van der Waals surface area contributed by atoms with Gasteiger partial charge in [0.05, 0.1) is 11.4 Å². The molecule has 2 heteroatoms. The minimum absolute atomic E-state index is 0.846. The summed E-state index contributed by atoms with van der Waals surface area (Å²) in [6.45, 7) is 5.88. The van der Waals surface area contributed by atoms with E-state index in [-0.39, 0.29) is 0 Å². The highest BCUT2D eigenvalue weighted by Crippen LogP contribution is 2.20. The van der Waals surface area contributed by atoms with E-state index in [1.165, 1.54) is 0 Å². The number of rotatable bonds is 3. The van der Waals surface area contributed by atoms with Crippen molar-refractivity contribution in [2.24, 2.45) is 10.2 Å². The van der Waals surface area contributed by atoms with Gasteiger partial charge in [0.15, 0.2) is 0 Å². The summed E-state index contributed by atoms with van der Waals surface area (Å²) in [6, 6.07) is 17.6. The SMILES string of the molecule is C=C(C)c1ccc(N=Nc2ccccc2)cc1. The standard InChI is InChI=1S/C15H14N2/c1-12(2)13-8-10-15(11-9-13)17-16-14-6-4-3-5-7-14/h3-11H,1H2,2H3. The molecule has 0 fully saturated rings. The molecule has 2 rings (SSSR count). The Hall–Kier alpha value is -2.22. The molecule has 84 valence electrons. The highest BCUT2D eigenvalue weighted by atomic mass is 15.1. The Balaban J connectivity index is 2.14. The molecule has 0 N–H and O–H groups in total. The molecule has 0 aromatic heterocycles. The summed E-state index contributed by atoms with van der Waals surface area (Å²) in [7, 11) is 0.